The molecule has 1 amide bonds. The minimum Gasteiger partial charge on any atom is -0.451 e. The van der Waals surface area contributed by atoms with Crippen molar-refractivity contribution in [2.45, 2.75) is 26.3 Å². The fourth-order valence-corrected chi connectivity index (χ4v) is 4.01. The van der Waals surface area contributed by atoms with Gasteiger partial charge in [-0.2, -0.15) is 0 Å². The van der Waals surface area contributed by atoms with Crippen molar-refractivity contribution in [3.63, 3.8) is 0 Å². The van der Waals surface area contributed by atoms with Crippen LogP contribution >= 0.6 is 22.7 Å². The van der Waals surface area contributed by atoms with E-state index in [2.05, 4.69) is 17.2 Å². The summed E-state index contributed by atoms with van der Waals surface area (Å²) in [6, 6.07) is 11.8. The number of carbonyl (C=O) groups excluding carboxylic acids is 2. The molecule has 5 nitrogen and oxygen atoms in total. The Balaban J connectivity index is 1.53. The molecule has 3 aromatic rings. The van der Waals surface area contributed by atoms with Crippen LogP contribution in [0.2, 0.25) is 0 Å². The molecule has 7 heteroatoms. The van der Waals surface area contributed by atoms with Crippen LogP contribution in [0.1, 0.15) is 40.8 Å². The molecule has 0 bridgehead atoms. The predicted molar refractivity (Wildman–Crippen MR) is 108 cm³/mol. The number of aryl methyl sites for hydroxylation is 1. The number of rotatable bonds is 7. The van der Waals surface area contributed by atoms with Gasteiger partial charge in [-0.1, -0.05) is 37.3 Å². The van der Waals surface area contributed by atoms with Gasteiger partial charge in [0.25, 0.3) is 5.91 Å². The van der Waals surface area contributed by atoms with E-state index in [0.29, 0.717) is 0 Å². The van der Waals surface area contributed by atoms with Crippen molar-refractivity contribution < 1.29 is 14.3 Å². The van der Waals surface area contributed by atoms with Crippen LogP contribution < -0.4 is 5.32 Å². The summed E-state index contributed by atoms with van der Waals surface area (Å²) in [5.41, 5.74) is 2.42. The number of esters is 1. The summed E-state index contributed by atoms with van der Waals surface area (Å²) in [6.45, 7) is 3.67. The van der Waals surface area contributed by atoms with E-state index in [1.54, 1.807) is 16.7 Å². The SMILES string of the molecule is CCc1ccc(-c2nc(C(=O)OCC(=O)N[C@H](C)c3cccs3)cs2)cc1. The fraction of sp³-hybridized carbons (Fsp3) is 0.250. The Morgan fingerprint density at radius 1 is 1.19 bits per heavy atom. The Labute approximate surface area is 166 Å². The van der Waals surface area contributed by atoms with Crippen LogP contribution in [-0.4, -0.2) is 23.5 Å². The lowest BCUT2D eigenvalue weighted by molar-refractivity contribution is -0.124. The van der Waals surface area contributed by atoms with Crippen LogP contribution in [0.4, 0.5) is 0 Å². The quantitative estimate of drug-likeness (QED) is 0.594. The summed E-state index contributed by atoms with van der Waals surface area (Å²) in [5.74, 6) is -0.934. The number of nitrogens with one attached hydrogen (secondary N) is 1. The van der Waals surface area contributed by atoms with Crippen molar-refractivity contribution in [2.75, 3.05) is 6.61 Å². The number of hydrogen-bond acceptors (Lipinski definition) is 6. The first-order valence-corrected chi connectivity index (χ1v) is 10.4. The number of amides is 1. The maximum atomic E-state index is 12.2. The molecule has 140 valence electrons. The highest BCUT2D eigenvalue weighted by Crippen LogP contribution is 2.24. The van der Waals surface area contributed by atoms with Gasteiger partial charge in [0.1, 0.15) is 5.01 Å². The zero-order chi connectivity index (χ0) is 19.2. The number of thiazole rings is 1. The van der Waals surface area contributed by atoms with Gasteiger partial charge in [0, 0.05) is 15.8 Å². The summed E-state index contributed by atoms with van der Waals surface area (Å²) < 4.78 is 5.09. The van der Waals surface area contributed by atoms with Crippen molar-refractivity contribution >= 4 is 34.6 Å². The third-order valence-corrected chi connectivity index (χ3v) is 5.95. The number of carbonyl (C=O) groups is 2. The van der Waals surface area contributed by atoms with E-state index in [0.717, 1.165) is 21.9 Å². The minimum absolute atomic E-state index is 0.117. The number of ether oxygens (including phenoxy) is 1. The summed E-state index contributed by atoms with van der Waals surface area (Å²) in [4.78, 5) is 29.5. The van der Waals surface area contributed by atoms with Gasteiger partial charge in [-0.05, 0) is 30.4 Å². The lowest BCUT2D eigenvalue weighted by atomic mass is 10.1. The summed E-state index contributed by atoms with van der Waals surface area (Å²) in [5, 5.41) is 7.16. The number of hydrogen-bond donors (Lipinski definition) is 1. The molecular formula is C20H20N2O3S2. The molecule has 0 saturated carbocycles. The average Bonchev–Trinajstić information content (AvgIpc) is 3.38. The molecule has 3 rings (SSSR count). The minimum atomic E-state index is -0.596. The van der Waals surface area contributed by atoms with Crippen LogP contribution in [0.15, 0.2) is 47.2 Å². The van der Waals surface area contributed by atoms with E-state index in [9.17, 15) is 9.59 Å². The highest BCUT2D eigenvalue weighted by atomic mass is 32.1. The van der Waals surface area contributed by atoms with Gasteiger partial charge in [0.2, 0.25) is 0 Å². The number of aromatic nitrogens is 1. The lowest BCUT2D eigenvalue weighted by Gasteiger charge is -2.11. The van der Waals surface area contributed by atoms with Crippen LogP contribution in [0.5, 0.6) is 0 Å². The fourth-order valence-electron chi connectivity index (χ4n) is 2.48. The maximum Gasteiger partial charge on any atom is 0.358 e. The van der Waals surface area contributed by atoms with Crippen molar-refractivity contribution in [3.05, 3.63) is 63.3 Å². The third kappa shape index (κ3) is 5.02. The highest BCUT2D eigenvalue weighted by molar-refractivity contribution is 7.13. The largest absolute Gasteiger partial charge is 0.451 e. The van der Waals surface area contributed by atoms with Gasteiger partial charge in [-0.25, -0.2) is 9.78 Å². The molecule has 0 aliphatic rings. The van der Waals surface area contributed by atoms with Gasteiger partial charge in [0.05, 0.1) is 6.04 Å². The van der Waals surface area contributed by atoms with E-state index in [-0.39, 0.29) is 24.2 Å². The van der Waals surface area contributed by atoms with Gasteiger partial charge < -0.3 is 10.1 Å². The van der Waals surface area contributed by atoms with E-state index < -0.39 is 5.97 Å². The average molecular weight is 401 g/mol. The molecule has 0 unspecified atom stereocenters. The van der Waals surface area contributed by atoms with Gasteiger partial charge in [-0.3, -0.25) is 4.79 Å². The smallest absolute Gasteiger partial charge is 0.358 e. The zero-order valence-corrected chi connectivity index (χ0v) is 16.7. The van der Waals surface area contributed by atoms with Crippen LogP contribution in [0.25, 0.3) is 10.6 Å². The highest BCUT2D eigenvalue weighted by Gasteiger charge is 2.16. The molecule has 0 spiro atoms. The number of nitrogens with zero attached hydrogens (tertiary/aromatic N) is 1. The second-order valence-corrected chi connectivity index (χ2v) is 7.81. The van der Waals surface area contributed by atoms with Crippen LogP contribution in [0, 0.1) is 0 Å². The van der Waals surface area contributed by atoms with Crippen molar-refractivity contribution in [1.29, 1.82) is 0 Å². The van der Waals surface area contributed by atoms with Gasteiger partial charge >= 0.3 is 5.97 Å². The zero-order valence-electron chi connectivity index (χ0n) is 15.1. The first-order chi connectivity index (χ1) is 13.1. The monoisotopic (exact) mass is 400 g/mol. The molecule has 1 N–H and O–H groups in total. The van der Waals surface area contributed by atoms with E-state index in [1.807, 2.05) is 48.7 Å². The topological polar surface area (TPSA) is 68.3 Å². The standard InChI is InChI=1S/C20H20N2O3S2/c1-3-14-6-8-15(9-7-14)19-22-16(12-27-19)20(24)25-11-18(23)21-13(2)17-5-4-10-26-17/h4-10,12-13H,3,11H2,1-2H3,(H,21,23)/t13-/m1/s1. The normalized spacial score (nSPS) is 11.8. The Kier molecular flexibility index (Phi) is 6.36. The first kappa shape index (κ1) is 19.3. The molecule has 0 fully saturated rings. The van der Waals surface area contributed by atoms with Crippen LogP contribution in [-0.2, 0) is 16.0 Å². The maximum absolute atomic E-state index is 12.2. The third-order valence-electron chi connectivity index (χ3n) is 4.00. The number of benzene rings is 1. The van der Waals surface area contributed by atoms with E-state index in [4.69, 9.17) is 4.74 Å². The first-order valence-electron chi connectivity index (χ1n) is 8.61. The van der Waals surface area contributed by atoms with E-state index in [1.165, 1.54) is 16.9 Å². The predicted octanol–water partition coefficient (Wildman–Crippen LogP) is 4.47. The van der Waals surface area contributed by atoms with Crippen molar-refractivity contribution in [2.24, 2.45) is 0 Å². The molecule has 0 aliphatic carbocycles. The Morgan fingerprint density at radius 3 is 2.63 bits per heavy atom. The molecule has 0 aliphatic heterocycles. The number of thiophene rings is 1. The summed E-state index contributed by atoms with van der Waals surface area (Å²) >= 11 is 2.94. The van der Waals surface area contributed by atoms with Gasteiger partial charge in [-0.15, -0.1) is 22.7 Å². The second-order valence-electron chi connectivity index (χ2n) is 5.97. The summed E-state index contributed by atoms with van der Waals surface area (Å²) in [6.07, 6.45) is 0.975. The Hall–Kier alpha value is -2.51. The van der Waals surface area contributed by atoms with Crippen molar-refractivity contribution in [3.8, 4) is 10.6 Å². The second kappa shape index (κ2) is 8.92. The van der Waals surface area contributed by atoms with Crippen molar-refractivity contribution in [1.82, 2.24) is 10.3 Å². The van der Waals surface area contributed by atoms with E-state index >= 15 is 0 Å². The van der Waals surface area contributed by atoms with Crippen LogP contribution in [0.3, 0.4) is 0 Å². The molecule has 27 heavy (non-hydrogen) atoms. The Morgan fingerprint density at radius 2 is 1.96 bits per heavy atom. The molecule has 0 saturated heterocycles. The summed E-state index contributed by atoms with van der Waals surface area (Å²) in [7, 11) is 0. The molecule has 2 heterocycles. The molecule has 2 aromatic heterocycles. The Bertz CT molecular complexity index is 902. The molecule has 1 aromatic carbocycles. The van der Waals surface area contributed by atoms with Gasteiger partial charge in [0.15, 0.2) is 12.3 Å². The lowest BCUT2D eigenvalue weighted by Crippen LogP contribution is -2.30. The molecule has 1 atom stereocenters. The molecular weight excluding hydrogens is 380 g/mol. The molecule has 0 radical (unpaired) electrons.